The van der Waals surface area contributed by atoms with Crippen LogP contribution in [-0.2, 0) is 4.79 Å². The van der Waals surface area contributed by atoms with E-state index in [1.165, 1.54) is 86.3 Å². The van der Waals surface area contributed by atoms with Crippen molar-refractivity contribution in [3.05, 3.63) is 59.2 Å². The first-order valence-corrected chi connectivity index (χ1v) is 13.3. The molecule has 0 aromatic heterocycles. The maximum absolute atomic E-state index is 12.9. The summed E-state index contributed by atoms with van der Waals surface area (Å²) < 4.78 is 42.6. The van der Waals surface area contributed by atoms with Gasteiger partial charge in [0.1, 0.15) is 0 Å². The minimum Gasteiger partial charge on any atom is -0.493 e. The predicted octanol–water partition coefficient (Wildman–Crippen LogP) is 3.24. The van der Waals surface area contributed by atoms with E-state index in [0.717, 1.165) is 0 Å². The van der Waals surface area contributed by atoms with Crippen molar-refractivity contribution >= 4 is 24.0 Å². The zero-order chi connectivity index (χ0) is 32.9. The molecule has 0 heterocycles. The van der Waals surface area contributed by atoms with Gasteiger partial charge < -0.3 is 43.2 Å². The van der Waals surface area contributed by atoms with Gasteiger partial charge in [-0.15, -0.1) is 0 Å². The highest BCUT2D eigenvalue weighted by molar-refractivity contribution is 5.96. The van der Waals surface area contributed by atoms with Gasteiger partial charge in [-0.2, -0.15) is 5.10 Å². The molecule has 0 fully saturated rings. The van der Waals surface area contributed by atoms with E-state index < -0.39 is 17.8 Å². The van der Waals surface area contributed by atoms with E-state index in [1.54, 1.807) is 12.1 Å². The summed E-state index contributed by atoms with van der Waals surface area (Å²) in [5.74, 6) is 0.812. The molecule has 0 aliphatic heterocycles. The summed E-state index contributed by atoms with van der Waals surface area (Å²) >= 11 is 0. The SMILES string of the molecule is COc1cc(/C=N/NC(=O)CCNC(=O)c2cc(OC)c(OC)c(OC)c2)ccc1OC(=O)c1cc(OC)c(OC)c(OC)c1. The molecule has 45 heavy (non-hydrogen) atoms. The van der Waals surface area contributed by atoms with Gasteiger partial charge in [0.05, 0.1) is 61.5 Å². The number of hydrogen-bond donors (Lipinski definition) is 2. The molecule has 2 N–H and O–H groups in total. The van der Waals surface area contributed by atoms with Crippen molar-refractivity contribution in [1.82, 2.24) is 10.7 Å². The monoisotopic (exact) mass is 625 g/mol. The smallest absolute Gasteiger partial charge is 0.343 e. The van der Waals surface area contributed by atoms with Crippen LogP contribution in [0.4, 0.5) is 0 Å². The van der Waals surface area contributed by atoms with Crippen molar-refractivity contribution in [2.75, 3.05) is 56.3 Å². The maximum atomic E-state index is 12.9. The van der Waals surface area contributed by atoms with Gasteiger partial charge in [-0.25, -0.2) is 10.2 Å². The molecule has 3 aromatic rings. The molecule has 14 heteroatoms. The Morgan fingerprint density at radius 1 is 0.644 bits per heavy atom. The summed E-state index contributed by atoms with van der Waals surface area (Å²) in [6.45, 7) is 0.0523. The minimum atomic E-state index is -0.682. The van der Waals surface area contributed by atoms with Gasteiger partial charge in [0.2, 0.25) is 17.4 Å². The Kier molecular flexibility index (Phi) is 12.2. The molecule has 240 valence electrons. The Labute approximate surface area is 260 Å². The van der Waals surface area contributed by atoms with E-state index in [-0.39, 0.29) is 35.6 Å². The summed E-state index contributed by atoms with van der Waals surface area (Å²) in [4.78, 5) is 37.8. The number of amides is 2. The number of benzene rings is 3. The second kappa shape index (κ2) is 16.3. The van der Waals surface area contributed by atoms with E-state index >= 15 is 0 Å². The first-order chi connectivity index (χ1) is 21.7. The van der Waals surface area contributed by atoms with E-state index in [0.29, 0.717) is 40.1 Å². The molecule has 0 aliphatic rings. The van der Waals surface area contributed by atoms with Gasteiger partial charge >= 0.3 is 5.97 Å². The lowest BCUT2D eigenvalue weighted by atomic mass is 10.1. The zero-order valence-electron chi connectivity index (χ0n) is 26.0. The molecule has 2 amide bonds. The first-order valence-electron chi connectivity index (χ1n) is 13.3. The van der Waals surface area contributed by atoms with Gasteiger partial charge in [0, 0.05) is 18.5 Å². The van der Waals surface area contributed by atoms with Crippen LogP contribution in [0.2, 0.25) is 0 Å². The number of carbonyl (C=O) groups excluding carboxylic acids is 3. The summed E-state index contributed by atoms with van der Waals surface area (Å²) in [7, 11) is 10.1. The van der Waals surface area contributed by atoms with E-state index in [9.17, 15) is 14.4 Å². The Balaban J connectivity index is 1.57. The normalized spacial score (nSPS) is 10.5. The molecule has 0 spiro atoms. The molecule has 3 aromatic carbocycles. The fourth-order valence-electron chi connectivity index (χ4n) is 4.05. The molecular formula is C31H35N3O11. The van der Waals surface area contributed by atoms with Crippen LogP contribution in [0.25, 0.3) is 0 Å². The lowest BCUT2D eigenvalue weighted by Crippen LogP contribution is -2.29. The topological polar surface area (TPSA) is 161 Å². The number of hydrogen-bond acceptors (Lipinski definition) is 12. The third-order valence-electron chi connectivity index (χ3n) is 6.26. The molecular weight excluding hydrogens is 590 g/mol. The highest BCUT2D eigenvalue weighted by atomic mass is 16.6. The summed E-state index contributed by atoms with van der Waals surface area (Å²) in [6, 6.07) is 10.7. The van der Waals surface area contributed by atoms with Crippen molar-refractivity contribution in [3.63, 3.8) is 0 Å². The van der Waals surface area contributed by atoms with Crippen molar-refractivity contribution in [2.24, 2.45) is 5.10 Å². The number of rotatable bonds is 15. The predicted molar refractivity (Wildman–Crippen MR) is 163 cm³/mol. The highest BCUT2D eigenvalue weighted by Gasteiger charge is 2.20. The lowest BCUT2D eigenvalue weighted by Gasteiger charge is -2.14. The molecule has 0 saturated carbocycles. The zero-order valence-corrected chi connectivity index (χ0v) is 26.0. The van der Waals surface area contributed by atoms with Gasteiger partial charge in [-0.3, -0.25) is 9.59 Å². The summed E-state index contributed by atoms with van der Waals surface area (Å²) in [5.41, 5.74) is 3.39. The number of esters is 1. The van der Waals surface area contributed by atoms with E-state index in [1.807, 2.05) is 0 Å². The van der Waals surface area contributed by atoms with Gasteiger partial charge in [-0.05, 0) is 48.0 Å². The van der Waals surface area contributed by atoms with Gasteiger partial charge in [0.15, 0.2) is 34.5 Å². The third-order valence-corrected chi connectivity index (χ3v) is 6.26. The van der Waals surface area contributed by atoms with Crippen molar-refractivity contribution in [2.45, 2.75) is 6.42 Å². The quantitative estimate of drug-likeness (QED) is 0.110. The largest absolute Gasteiger partial charge is 0.493 e. The maximum Gasteiger partial charge on any atom is 0.343 e. The van der Waals surface area contributed by atoms with Gasteiger partial charge in [0.25, 0.3) is 5.91 Å². The Bertz CT molecular complexity index is 1510. The number of nitrogens with zero attached hydrogens (tertiary/aromatic N) is 1. The second-order valence-corrected chi connectivity index (χ2v) is 8.93. The lowest BCUT2D eigenvalue weighted by molar-refractivity contribution is -0.120. The molecule has 0 aliphatic carbocycles. The average molecular weight is 626 g/mol. The van der Waals surface area contributed by atoms with Crippen LogP contribution in [0.1, 0.15) is 32.7 Å². The number of methoxy groups -OCH3 is 7. The standard InChI is InChI=1S/C31H35N3O11/c1-38-22-12-18(8-9-21(22)45-31(37)20-15-25(41-4)29(44-7)26(16-20)42-5)17-33-34-27(35)10-11-32-30(36)19-13-23(39-2)28(43-6)24(14-19)40-3/h8-9,12-17H,10-11H2,1-7H3,(H,32,36)(H,34,35)/b33-17+. The fourth-order valence-corrected chi connectivity index (χ4v) is 4.05. The van der Waals surface area contributed by atoms with Crippen LogP contribution < -0.4 is 48.6 Å². The number of ether oxygens (including phenoxy) is 8. The van der Waals surface area contributed by atoms with E-state index in [2.05, 4.69) is 15.8 Å². The number of hydrazone groups is 1. The molecule has 0 saturated heterocycles. The van der Waals surface area contributed by atoms with Crippen molar-refractivity contribution in [3.8, 4) is 46.0 Å². The minimum absolute atomic E-state index is 0.0351. The second-order valence-electron chi connectivity index (χ2n) is 8.93. The molecule has 3 rings (SSSR count). The van der Waals surface area contributed by atoms with Crippen LogP contribution in [0.3, 0.4) is 0 Å². The van der Waals surface area contributed by atoms with Crippen molar-refractivity contribution < 1.29 is 52.3 Å². The van der Waals surface area contributed by atoms with Gasteiger partial charge in [-0.1, -0.05) is 0 Å². The molecule has 0 unspecified atom stereocenters. The third kappa shape index (κ3) is 8.46. The molecule has 14 nitrogen and oxygen atoms in total. The summed E-state index contributed by atoms with van der Waals surface area (Å²) in [6.07, 6.45) is 1.35. The van der Waals surface area contributed by atoms with Crippen LogP contribution in [0, 0.1) is 0 Å². The van der Waals surface area contributed by atoms with Crippen LogP contribution in [-0.4, -0.2) is 80.3 Å². The van der Waals surface area contributed by atoms with Crippen molar-refractivity contribution in [1.29, 1.82) is 0 Å². The van der Waals surface area contributed by atoms with Crippen LogP contribution in [0.15, 0.2) is 47.6 Å². The Morgan fingerprint density at radius 3 is 1.64 bits per heavy atom. The number of carbonyl (C=O) groups is 3. The van der Waals surface area contributed by atoms with E-state index in [4.69, 9.17) is 37.9 Å². The fraction of sp³-hybridized carbons (Fsp3) is 0.290. The average Bonchev–Trinajstić information content (AvgIpc) is 3.06. The Morgan fingerprint density at radius 2 is 1.16 bits per heavy atom. The Hall–Kier alpha value is -5.66. The highest BCUT2D eigenvalue weighted by Crippen LogP contribution is 2.39. The summed E-state index contributed by atoms with van der Waals surface area (Å²) in [5, 5.41) is 6.61. The molecule has 0 bridgehead atoms. The number of nitrogens with one attached hydrogen (secondary N) is 2. The van der Waals surface area contributed by atoms with Crippen LogP contribution >= 0.6 is 0 Å². The first kappa shape index (κ1) is 33.8. The molecule has 0 radical (unpaired) electrons. The van der Waals surface area contributed by atoms with Crippen LogP contribution in [0.5, 0.6) is 46.0 Å². The molecule has 0 atom stereocenters.